The van der Waals surface area contributed by atoms with Crippen LogP contribution in [0.2, 0.25) is 5.02 Å². The number of amides is 3. The summed E-state index contributed by atoms with van der Waals surface area (Å²) in [6, 6.07) is 6.21. The highest BCUT2D eigenvalue weighted by Crippen LogP contribution is 2.29. The Morgan fingerprint density at radius 2 is 1.71 bits per heavy atom. The number of likely N-dealkylation sites (tertiary alicyclic amines) is 1. The van der Waals surface area contributed by atoms with Crippen molar-refractivity contribution in [1.29, 1.82) is 0 Å². The van der Waals surface area contributed by atoms with Gasteiger partial charge in [-0.05, 0) is 57.1 Å². The molecule has 1 aromatic rings. The highest BCUT2D eigenvalue weighted by molar-refractivity contribution is 6.33. The molecule has 7 heteroatoms. The summed E-state index contributed by atoms with van der Waals surface area (Å²) in [5.41, 5.74) is 0.361. The van der Waals surface area contributed by atoms with Gasteiger partial charge in [-0.1, -0.05) is 43.5 Å². The molecule has 0 aromatic heterocycles. The summed E-state index contributed by atoms with van der Waals surface area (Å²) in [5, 5.41) is 6.30. The van der Waals surface area contributed by atoms with Gasteiger partial charge in [0.2, 0.25) is 11.8 Å². The van der Waals surface area contributed by atoms with E-state index >= 15 is 0 Å². The normalized spacial score (nSPS) is 19.6. The van der Waals surface area contributed by atoms with Crippen molar-refractivity contribution in [3.8, 4) is 0 Å². The number of piperidine rings is 1. The standard InChI is InChI=1S/C24H34ClN3O3/c1-3-16(2)26-23(30)21(27-22(29)19-10-6-7-11-20(19)25)17-12-14-28(15-13-17)24(31)18-8-4-5-9-18/h6-7,10-11,16-18,21H,3-5,8-9,12-15H2,1-2H3,(H,26,30)(H,27,29). The number of hydrogen-bond acceptors (Lipinski definition) is 3. The number of nitrogens with one attached hydrogen (secondary N) is 2. The Balaban J connectivity index is 1.68. The first kappa shape index (κ1) is 23.6. The number of halogens is 1. The fraction of sp³-hybridized carbons (Fsp3) is 0.625. The molecule has 2 aliphatic rings. The Kier molecular flexibility index (Phi) is 8.35. The van der Waals surface area contributed by atoms with Gasteiger partial charge in [-0.2, -0.15) is 0 Å². The van der Waals surface area contributed by atoms with E-state index in [2.05, 4.69) is 10.6 Å². The van der Waals surface area contributed by atoms with E-state index in [0.717, 1.165) is 32.1 Å². The molecule has 0 radical (unpaired) electrons. The maximum atomic E-state index is 13.0. The molecule has 6 nitrogen and oxygen atoms in total. The van der Waals surface area contributed by atoms with E-state index in [1.807, 2.05) is 18.7 Å². The number of carbonyl (C=O) groups excluding carboxylic acids is 3. The van der Waals surface area contributed by atoms with E-state index in [0.29, 0.717) is 36.5 Å². The van der Waals surface area contributed by atoms with Crippen molar-refractivity contribution in [2.24, 2.45) is 11.8 Å². The van der Waals surface area contributed by atoms with Crippen LogP contribution in [0.1, 0.15) is 69.2 Å². The zero-order chi connectivity index (χ0) is 22.4. The second-order valence-corrected chi connectivity index (χ2v) is 9.30. The third kappa shape index (κ3) is 6.00. The highest BCUT2D eigenvalue weighted by Gasteiger charge is 2.36. The summed E-state index contributed by atoms with van der Waals surface area (Å²) < 4.78 is 0. The monoisotopic (exact) mass is 447 g/mol. The molecule has 3 rings (SSSR count). The van der Waals surface area contributed by atoms with E-state index in [-0.39, 0.29) is 35.6 Å². The van der Waals surface area contributed by atoms with Crippen molar-refractivity contribution < 1.29 is 14.4 Å². The van der Waals surface area contributed by atoms with Crippen molar-refractivity contribution >= 4 is 29.3 Å². The summed E-state index contributed by atoms with van der Waals surface area (Å²) in [7, 11) is 0. The third-order valence-electron chi connectivity index (χ3n) is 6.72. The van der Waals surface area contributed by atoms with Gasteiger partial charge in [-0.15, -0.1) is 0 Å². The molecule has 0 bridgehead atoms. The maximum Gasteiger partial charge on any atom is 0.253 e. The van der Waals surface area contributed by atoms with Crippen LogP contribution < -0.4 is 10.6 Å². The molecule has 31 heavy (non-hydrogen) atoms. The number of nitrogens with zero attached hydrogens (tertiary/aromatic N) is 1. The van der Waals surface area contributed by atoms with E-state index in [1.54, 1.807) is 24.3 Å². The minimum atomic E-state index is -0.651. The summed E-state index contributed by atoms with van der Waals surface area (Å²) in [6.07, 6.45) is 6.46. The van der Waals surface area contributed by atoms with Gasteiger partial charge in [0.05, 0.1) is 10.6 Å². The molecule has 1 saturated heterocycles. The average Bonchev–Trinajstić information content (AvgIpc) is 3.32. The van der Waals surface area contributed by atoms with Crippen LogP contribution in [-0.2, 0) is 9.59 Å². The SMILES string of the molecule is CCC(C)NC(=O)C(NC(=O)c1ccccc1Cl)C1CCN(C(=O)C2CCCC2)CC1. The lowest BCUT2D eigenvalue weighted by atomic mass is 9.87. The predicted octanol–water partition coefficient (Wildman–Crippen LogP) is 3.78. The van der Waals surface area contributed by atoms with E-state index < -0.39 is 6.04 Å². The number of benzene rings is 1. The molecule has 1 heterocycles. The van der Waals surface area contributed by atoms with Gasteiger partial charge >= 0.3 is 0 Å². The molecular formula is C24H34ClN3O3. The third-order valence-corrected chi connectivity index (χ3v) is 7.05. The molecular weight excluding hydrogens is 414 g/mol. The number of rotatable bonds is 7. The molecule has 1 aromatic carbocycles. The molecule has 2 unspecified atom stereocenters. The fourth-order valence-corrected chi connectivity index (χ4v) is 4.80. The molecule has 1 aliphatic heterocycles. The first-order chi connectivity index (χ1) is 14.9. The van der Waals surface area contributed by atoms with Crippen molar-refractivity contribution in [2.75, 3.05) is 13.1 Å². The average molecular weight is 448 g/mol. The van der Waals surface area contributed by atoms with E-state index in [1.165, 1.54) is 0 Å². The highest BCUT2D eigenvalue weighted by atomic mass is 35.5. The van der Waals surface area contributed by atoms with Crippen molar-refractivity contribution in [1.82, 2.24) is 15.5 Å². The molecule has 0 spiro atoms. The lowest BCUT2D eigenvalue weighted by Crippen LogP contribution is -2.55. The summed E-state index contributed by atoms with van der Waals surface area (Å²) in [6.45, 7) is 5.23. The molecule has 3 amide bonds. The second-order valence-electron chi connectivity index (χ2n) is 8.89. The maximum absolute atomic E-state index is 13.0. The Hall–Kier alpha value is -2.08. The molecule has 2 atom stereocenters. The largest absolute Gasteiger partial charge is 0.352 e. The van der Waals surface area contributed by atoms with Gasteiger partial charge in [0.1, 0.15) is 6.04 Å². The molecule has 2 fully saturated rings. The smallest absolute Gasteiger partial charge is 0.253 e. The van der Waals surface area contributed by atoms with Gasteiger partial charge < -0.3 is 15.5 Å². The van der Waals surface area contributed by atoms with Gasteiger partial charge in [0.15, 0.2) is 0 Å². The van der Waals surface area contributed by atoms with Crippen LogP contribution in [0.5, 0.6) is 0 Å². The summed E-state index contributed by atoms with van der Waals surface area (Å²) in [4.78, 5) is 40.6. The quantitative estimate of drug-likeness (QED) is 0.667. The van der Waals surface area contributed by atoms with Gasteiger partial charge in [-0.25, -0.2) is 0 Å². The van der Waals surface area contributed by atoms with Crippen molar-refractivity contribution in [3.05, 3.63) is 34.9 Å². The first-order valence-electron chi connectivity index (χ1n) is 11.5. The Morgan fingerprint density at radius 1 is 1.06 bits per heavy atom. The van der Waals surface area contributed by atoms with Crippen LogP contribution in [0.25, 0.3) is 0 Å². The molecule has 2 N–H and O–H groups in total. The lowest BCUT2D eigenvalue weighted by molar-refractivity contribution is -0.137. The van der Waals surface area contributed by atoms with Crippen LogP contribution in [0.4, 0.5) is 0 Å². The molecule has 170 valence electrons. The van der Waals surface area contributed by atoms with Gasteiger partial charge in [0.25, 0.3) is 5.91 Å². The van der Waals surface area contributed by atoms with Crippen molar-refractivity contribution in [2.45, 2.75) is 70.9 Å². The zero-order valence-electron chi connectivity index (χ0n) is 18.5. The Labute approximate surface area is 190 Å². The minimum absolute atomic E-state index is 0.0243. The van der Waals surface area contributed by atoms with Crippen LogP contribution in [0, 0.1) is 11.8 Å². The van der Waals surface area contributed by atoms with E-state index in [9.17, 15) is 14.4 Å². The minimum Gasteiger partial charge on any atom is -0.352 e. The second kappa shape index (κ2) is 11.0. The summed E-state index contributed by atoms with van der Waals surface area (Å²) in [5.74, 6) is -0.115. The Bertz CT molecular complexity index is 786. The fourth-order valence-electron chi connectivity index (χ4n) is 4.58. The first-order valence-corrected chi connectivity index (χ1v) is 11.9. The van der Waals surface area contributed by atoms with Gasteiger partial charge in [0, 0.05) is 25.0 Å². The molecule has 1 aliphatic carbocycles. The topological polar surface area (TPSA) is 78.5 Å². The lowest BCUT2D eigenvalue weighted by Gasteiger charge is -2.37. The van der Waals surface area contributed by atoms with Crippen LogP contribution in [0.15, 0.2) is 24.3 Å². The van der Waals surface area contributed by atoms with Gasteiger partial charge in [-0.3, -0.25) is 14.4 Å². The van der Waals surface area contributed by atoms with Crippen molar-refractivity contribution in [3.63, 3.8) is 0 Å². The van der Waals surface area contributed by atoms with Crippen LogP contribution >= 0.6 is 11.6 Å². The van der Waals surface area contributed by atoms with Crippen LogP contribution in [-0.4, -0.2) is 47.8 Å². The number of hydrogen-bond donors (Lipinski definition) is 2. The zero-order valence-corrected chi connectivity index (χ0v) is 19.3. The molecule has 1 saturated carbocycles. The predicted molar refractivity (Wildman–Crippen MR) is 122 cm³/mol. The summed E-state index contributed by atoms with van der Waals surface area (Å²) >= 11 is 6.19. The van der Waals surface area contributed by atoms with Crippen LogP contribution in [0.3, 0.4) is 0 Å². The Morgan fingerprint density at radius 3 is 2.32 bits per heavy atom. The number of carbonyl (C=O) groups is 3. The van der Waals surface area contributed by atoms with E-state index in [4.69, 9.17) is 11.6 Å².